The monoisotopic (exact) mass is 410 g/mol. The summed E-state index contributed by atoms with van der Waals surface area (Å²) in [7, 11) is 0. The van der Waals surface area contributed by atoms with Crippen LogP contribution in [0.15, 0.2) is 29.3 Å². The van der Waals surface area contributed by atoms with E-state index in [4.69, 9.17) is 0 Å². The Hall–Kier alpha value is -2.36. The van der Waals surface area contributed by atoms with Gasteiger partial charge in [0, 0.05) is 18.8 Å². The molecule has 0 aliphatic carbocycles. The molecule has 0 aliphatic rings. The molecule has 1 N–H and O–H groups in total. The van der Waals surface area contributed by atoms with Gasteiger partial charge in [-0.15, -0.1) is 0 Å². The lowest BCUT2D eigenvalue weighted by Gasteiger charge is -2.20. The number of carbonyl (C=O) groups excluding carboxylic acids is 1. The summed E-state index contributed by atoms with van der Waals surface area (Å²) in [5.41, 5.74) is 5.80. The summed E-state index contributed by atoms with van der Waals surface area (Å²) in [6.07, 6.45) is 0. The number of nitrogens with one attached hydrogen (secondary N) is 1. The van der Waals surface area contributed by atoms with Crippen molar-refractivity contribution in [2.24, 2.45) is 0 Å². The molecule has 0 aliphatic heterocycles. The van der Waals surface area contributed by atoms with Gasteiger partial charge in [-0.05, 0) is 56.1 Å². The first-order valence-corrected chi connectivity index (χ1v) is 11.0. The first-order chi connectivity index (χ1) is 13.9. The molecule has 2 aromatic rings. The highest BCUT2D eigenvalue weighted by Gasteiger charge is 2.14. The fourth-order valence-corrected chi connectivity index (χ4v) is 4.01. The van der Waals surface area contributed by atoms with Crippen molar-refractivity contribution in [1.29, 1.82) is 5.26 Å². The number of carbonyl (C=O) groups is 1. The van der Waals surface area contributed by atoms with Crippen molar-refractivity contribution in [1.82, 2.24) is 15.2 Å². The third kappa shape index (κ3) is 6.06. The van der Waals surface area contributed by atoms with Crippen LogP contribution in [-0.2, 0) is 17.9 Å². The summed E-state index contributed by atoms with van der Waals surface area (Å²) in [5.74, 6) is 0.177. The molecule has 0 saturated heterocycles. The van der Waals surface area contributed by atoms with Gasteiger partial charge in [-0.25, -0.2) is 4.98 Å². The van der Waals surface area contributed by atoms with Gasteiger partial charge in [-0.1, -0.05) is 49.9 Å². The standard InChI is InChI=1S/C23H30N4OS/c1-6-27(7-2)14-20-11-9-8-10-19(20)13-25-22(28)15-29-23-21(12-24)17(4)16(3)18(5)26-23/h8-11H,6-7,13-15H2,1-5H3,(H,25,28). The van der Waals surface area contributed by atoms with Crippen LogP contribution in [-0.4, -0.2) is 34.6 Å². The predicted octanol–water partition coefficient (Wildman–Crippen LogP) is 4.13. The van der Waals surface area contributed by atoms with Crippen molar-refractivity contribution in [2.75, 3.05) is 18.8 Å². The fraction of sp³-hybridized carbons (Fsp3) is 0.435. The van der Waals surface area contributed by atoms with E-state index >= 15 is 0 Å². The normalized spacial score (nSPS) is 10.8. The van der Waals surface area contributed by atoms with Gasteiger partial charge in [-0.3, -0.25) is 9.69 Å². The minimum atomic E-state index is -0.0609. The first kappa shape index (κ1) is 22.9. The number of rotatable bonds is 9. The average Bonchev–Trinajstić information content (AvgIpc) is 2.73. The molecule has 2 rings (SSSR count). The second-order valence-corrected chi connectivity index (χ2v) is 8.00. The van der Waals surface area contributed by atoms with Crippen LogP contribution >= 0.6 is 11.8 Å². The van der Waals surface area contributed by atoms with Gasteiger partial charge in [-0.2, -0.15) is 5.26 Å². The number of benzene rings is 1. The highest BCUT2D eigenvalue weighted by Crippen LogP contribution is 2.26. The number of nitriles is 1. The predicted molar refractivity (Wildman–Crippen MR) is 119 cm³/mol. The minimum Gasteiger partial charge on any atom is -0.351 e. The molecule has 154 valence electrons. The van der Waals surface area contributed by atoms with Gasteiger partial charge in [0.05, 0.1) is 11.3 Å². The van der Waals surface area contributed by atoms with Crippen molar-refractivity contribution >= 4 is 17.7 Å². The summed E-state index contributed by atoms with van der Waals surface area (Å²) in [6.45, 7) is 13.5. The Morgan fingerprint density at radius 1 is 1.14 bits per heavy atom. The zero-order chi connectivity index (χ0) is 21.4. The van der Waals surface area contributed by atoms with Crippen LogP contribution in [0.1, 0.15) is 47.4 Å². The number of hydrogen-bond donors (Lipinski definition) is 1. The Bertz CT molecular complexity index is 900. The van der Waals surface area contributed by atoms with Crippen LogP contribution in [0.4, 0.5) is 0 Å². The molecule has 1 aromatic carbocycles. The van der Waals surface area contributed by atoms with Crippen molar-refractivity contribution < 1.29 is 4.79 Å². The number of aryl methyl sites for hydroxylation is 1. The third-order valence-electron chi connectivity index (χ3n) is 5.30. The molecule has 0 radical (unpaired) electrons. The highest BCUT2D eigenvalue weighted by atomic mass is 32.2. The van der Waals surface area contributed by atoms with Crippen LogP contribution in [0.25, 0.3) is 0 Å². The molecule has 1 amide bonds. The third-order valence-corrected chi connectivity index (χ3v) is 6.27. The summed E-state index contributed by atoms with van der Waals surface area (Å²) in [5, 5.41) is 13.1. The first-order valence-electron chi connectivity index (χ1n) is 9.97. The van der Waals surface area contributed by atoms with Crippen LogP contribution in [0, 0.1) is 32.1 Å². The van der Waals surface area contributed by atoms with Gasteiger partial charge in [0.15, 0.2) is 0 Å². The summed E-state index contributed by atoms with van der Waals surface area (Å²) < 4.78 is 0. The zero-order valence-electron chi connectivity index (χ0n) is 18.0. The van der Waals surface area contributed by atoms with Gasteiger partial charge >= 0.3 is 0 Å². The van der Waals surface area contributed by atoms with E-state index in [-0.39, 0.29) is 11.7 Å². The van der Waals surface area contributed by atoms with E-state index in [1.165, 1.54) is 17.3 Å². The van der Waals surface area contributed by atoms with Gasteiger partial charge in [0.1, 0.15) is 11.1 Å². The fourth-order valence-electron chi connectivity index (χ4n) is 3.10. The molecule has 0 saturated carbocycles. The van der Waals surface area contributed by atoms with Gasteiger partial charge < -0.3 is 5.32 Å². The van der Waals surface area contributed by atoms with E-state index < -0.39 is 0 Å². The van der Waals surface area contributed by atoms with Crippen molar-refractivity contribution in [3.8, 4) is 6.07 Å². The molecule has 1 heterocycles. The Morgan fingerprint density at radius 2 is 1.79 bits per heavy atom. The van der Waals surface area contributed by atoms with E-state index in [0.29, 0.717) is 17.1 Å². The van der Waals surface area contributed by atoms with E-state index in [9.17, 15) is 10.1 Å². The number of amides is 1. The topological polar surface area (TPSA) is 69.0 Å². The SMILES string of the molecule is CCN(CC)Cc1ccccc1CNC(=O)CSc1nc(C)c(C)c(C)c1C#N. The van der Waals surface area contributed by atoms with E-state index in [1.807, 2.05) is 32.9 Å². The molecule has 0 atom stereocenters. The maximum Gasteiger partial charge on any atom is 0.230 e. The second-order valence-electron chi connectivity index (χ2n) is 7.03. The van der Waals surface area contributed by atoms with Gasteiger partial charge in [0.2, 0.25) is 5.91 Å². The Balaban J connectivity index is 2.00. The maximum atomic E-state index is 12.4. The number of nitrogens with zero attached hydrogens (tertiary/aromatic N) is 3. The lowest BCUT2D eigenvalue weighted by Crippen LogP contribution is -2.27. The number of thioether (sulfide) groups is 1. The van der Waals surface area contributed by atoms with Crippen LogP contribution in [0.2, 0.25) is 0 Å². The van der Waals surface area contributed by atoms with Crippen molar-refractivity contribution in [2.45, 2.75) is 52.7 Å². The van der Waals surface area contributed by atoms with Crippen LogP contribution in [0.3, 0.4) is 0 Å². The average molecular weight is 411 g/mol. The molecule has 0 unspecified atom stereocenters. The van der Waals surface area contributed by atoms with Crippen molar-refractivity contribution in [3.63, 3.8) is 0 Å². The largest absolute Gasteiger partial charge is 0.351 e. The Morgan fingerprint density at radius 3 is 2.41 bits per heavy atom. The van der Waals surface area contributed by atoms with E-state index in [0.717, 1.165) is 42.0 Å². The second kappa shape index (κ2) is 11.0. The molecular weight excluding hydrogens is 380 g/mol. The Labute approximate surface area is 178 Å². The maximum absolute atomic E-state index is 12.4. The molecule has 1 aromatic heterocycles. The highest BCUT2D eigenvalue weighted by molar-refractivity contribution is 8.00. The number of aromatic nitrogens is 1. The lowest BCUT2D eigenvalue weighted by molar-refractivity contribution is -0.118. The summed E-state index contributed by atoms with van der Waals surface area (Å²) in [4.78, 5) is 19.3. The number of hydrogen-bond acceptors (Lipinski definition) is 5. The molecule has 0 fully saturated rings. The van der Waals surface area contributed by atoms with Gasteiger partial charge in [0.25, 0.3) is 0 Å². The molecule has 6 heteroatoms. The van der Waals surface area contributed by atoms with E-state index in [2.05, 4.69) is 47.3 Å². The molecule has 0 bridgehead atoms. The lowest BCUT2D eigenvalue weighted by atomic mass is 10.1. The minimum absolute atomic E-state index is 0.0609. The van der Waals surface area contributed by atoms with Crippen LogP contribution < -0.4 is 5.32 Å². The summed E-state index contributed by atoms with van der Waals surface area (Å²) in [6, 6.07) is 10.5. The molecule has 29 heavy (non-hydrogen) atoms. The molecule has 5 nitrogen and oxygen atoms in total. The van der Waals surface area contributed by atoms with Crippen molar-refractivity contribution in [3.05, 3.63) is 57.8 Å². The smallest absolute Gasteiger partial charge is 0.230 e. The van der Waals surface area contributed by atoms with E-state index in [1.54, 1.807) is 0 Å². The molecule has 0 spiro atoms. The quantitative estimate of drug-likeness (QED) is 0.630. The van der Waals surface area contributed by atoms with Crippen LogP contribution in [0.5, 0.6) is 0 Å². The summed E-state index contributed by atoms with van der Waals surface area (Å²) >= 11 is 1.32. The number of pyridine rings is 1. The zero-order valence-corrected chi connectivity index (χ0v) is 18.8. The Kier molecular flexibility index (Phi) is 8.69. The molecular formula is C23H30N4OS.